The van der Waals surface area contributed by atoms with Crippen LogP contribution in [-0.4, -0.2) is 39.3 Å². The Morgan fingerprint density at radius 2 is 2.07 bits per heavy atom. The lowest BCUT2D eigenvalue weighted by molar-refractivity contribution is 0.0948. The molecule has 2 heterocycles. The summed E-state index contributed by atoms with van der Waals surface area (Å²) in [5.41, 5.74) is 1.47. The number of amides is 1. The lowest BCUT2D eigenvalue weighted by atomic mass is 10.1. The number of hydrogen-bond acceptors (Lipinski definition) is 6. The lowest BCUT2D eigenvalue weighted by Gasteiger charge is -2.11. The first-order valence-corrected chi connectivity index (χ1v) is 9.19. The summed E-state index contributed by atoms with van der Waals surface area (Å²) in [6.07, 6.45) is 1.28. The third kappa shape index (κ3) is 4.74. The van der Waals surface area contributed by atoms with E-state index in [-0.39, 0.29) is 41.4 Å². The average Bonchev–Trinajstić information content (AvgIpc) is 2.72. The monoisotopic (exact) mass is 411 g/mol. The molecule has 3 rings (SSSR count). The molecule has 1 aromatic carbocycles. The number of halogens is 1. The van der Waals surface area contributed by atoms with Crippen LogP contribution < -0.4 is 10.1 Å². The largest absolute Gasteiger partial charge is 0.506 e. The number of carbonyl (C=O) groups excluding carboxylic acids is 1. The molecule has 0 saturated carbocycles. The van der Waals surface area contributed by atoms with Crippen LogP contribution in [0.3, 0.4) is 0 Å². The van der Waals surface area contributed by atoms with Crippen molar-refractivity contribution in [3.05, 3.63) is 58.4 Å². The van der Waals surface area contributed by atoms with Crippen molar-refractivity contribution in [2.24, 2.45) is 0 Å². The maximum atomic E-state index is 12.6. The van der Waals surface area contributed by atoms with Crippen LogP contribution in [0.25, 0.3) is 10.9 Å². The molecule has 2 aromatic heterocycles. The van der Waals surface area contributed by atoms with Crippen molar-refractivity contribution in [2.75, 3.05) is 13.2 Å². The van der Waals surface area contributed by atoms with Crippen LogP contribution in [0.2, 0.25) is 5.02 Å². The van der Waals surface area contributed by atoms with E-state index in [1.165, 1.54) is 12.3 Å². The second-order valence-corrected chi connectivity index (χ2v) is 6.37. The fourth-order valence-electron chi connectivity index (χ4n) is 2.63. The van der Waals surface area contributed by atoms with Crippen molar-refractivity contribution in [3.8, 4) is 23.5 Å². The van der Waals surface area contributed by atoms with E-state index in [9.17, 15) is 9.90 Å². The van der Waals surface area contributed by atoms with Gasteiger partial charge in [0.15, 0.2) is 0 Å². The zero-order valence-corrected chi connectivity index (χ0v) is 16.3. The molecule has 0 atom stereocenters. The van der Waals surface area contributed by atoms with E-state index in [0.717, 1.165) is 5.56 Å². The first-order valence-electron chi connectivity index (χ1n) is 8.81. The number of fused-ring (bicyclic) bond motifs is 1. The van der Waals surface area contributed by atoms with Gasteiger partial charge in [0.25, 0.3) is 5.91 Å². The highest BCUT2D eigenvalue weighted by atomic mass is 35.5. The van der Waals surface area contributed by atoms with Crippen molar-refractivity contribution >= 4 is 28.4 Å². The molecule has 0 aliphatic carbocycles. The molecule has 7 nitrogen and oxygen atoms in total. The number of pyridine rings is 2. The Bertz CT molecular complexity index is 1100. The van der Waals surface area contributed by atoms with Crippen molar-refractivity contribution in [1.29, 1.82) is 0 Å². The normalized spacial score (nSPS) is 10.3. The number of benzene rings is 1. The third-order valence-corrected chi connectivity index (χ3v) is 4.23. The fourth-order valence-corrected chi connectivity index (χ4v) is 2.76. The fraction of sp³-hybridized carbons (Fsp3) is 0.190. The van der Waals surface area contributed by atoms with Gasteiger partial charge in [0, 0.05) is 17.8 Å². The highest BCUT2D eigenvalue weighted by Gasteiger charge is 2.18. The number of aliphatic hydroxyl groups is 1. The molecule has 0 radical (unpaired) electrons. The minimum absolute atomic E-state index is 0.0150. The van der Waals surface area contributed by atoms with Gasteiger partial charge in [0.1, 0.15) is 29.1 Å². The van der Waals surface area contributed by atoms with Gasteiger partial charge in [0.05, 0.1) is 12.0 Å². The summed E-state index contributed by atoms with van der Waals surface area (Å²) in [7, 11) is 0. The second kappa shape index (κ2) is 9.24. The van der Waals surface area contributed by atoms with Crippen LogP contribution in [0.15, 0.2) is 36.5 Å². The Labute approximate surface area is 172 Å². The molecule has 3 N–H and O–H groups in total. The minimum Gasteiger partial charge on any atom is -0.506 e. The van der Waals surface area contributed by atoms with Crippen molar-refractivity contribution < 1.29 is 19.7 Å². The van der Waals surface area contributed by atoms with Crippen LogP contribution in [0.5, 0.6) is 11.6 Å². The van der Waals surface area contributed by atoms with Crippen molar-refractivity contribution in [3.63, 3.8) is 0 Å². The van der Waals surface area contributed by atoms with Gasteiger partial charge in [-0.3, -0.25) is 4.79 Å². The number of hydrogen-bond donors (Lipinski definition) is 3. The molecular weight excluding hydrogens is 394 g/mol. The highest BCUT2D eigenvalue weighted by molar-refractivity contribution is 6.30. The highest BCUT2D eigenvalue weighted by Crippen LogP contribution is 2.32. The number of aliphatic hydroxyl groups excluding tert-OH is 1. The van der Waals surface area contributed by atoms with Crippen LogP contribution in [0.4, 0.5) is 0 Å². The molecule has 148 valence electrons. The molecule has 0 unspecified atom stereocenters. The first-order chi connectivity index (χ1) is 14.0. The summed E-state index contributed by atoms with van der Waals surface area (Å²) in [6, 6.07) is 8.56. The molecular formula is C21H18ClN3O4. The number of aromatic hydroxyl groups is 1. The third-order valence-electron chi connectivity index (χ3n) is 3.98. The smallest absolute Gasteiger partial charge is 0.256 e. The zero-order valence-electron chi connectivity index (χ0n) is 15.6. The number of nitrogens with one attached hydrogen (secondary N) is 1. The van der Waals surface area contributed by atoms with Crippen molar-refractivity contribution in [1.82, 2.24) is 15.3 Å². The Morgan fingerprint density at radius 3 is 2.76 bits per heavy atom. The molecule has 8 heteroatoms. The number of aromatic nitrogens is 2. The molecule has 0 bridgehead atoms. The maximum absolute atomic E-state index is 12.6. The number of ether oxygens (including phenoxy) is 1. The van der Waals surface area contributed by atoms with Gasteiger partial charge < -0.3 is 20.3 Å². The van der Waals surface area contributed by atoms with E-state index in [1.54, 1.807) is 31.2 Å². The quantitative estimate of drug-likeness (QED) is 0.557. The number of rotatable bonds is 5. The molecule has 29 heavy (non-hydrogen) atoms. The topological polar surface area (TPSA) is 105 Å². The van der Waals surface area contributed by atoms with E-state index in [0.29, 0.717) is 17.1 Å². The Morgan fingerprint density at radius 1 is 1.31 bits per heavy atom. The van der Waals surface area contributed by atoms with E-state index in [4.69, 9.17) is 21.4 Å². The SMILES string of the molecule is CCOc1nc(C#CCO)cc2c(O)c(C(=O)NCc3ccc(Cl)cc3)cnc12. The van der Waals surface area contributed by atoms with Crippen LogP contribution in [0, 0.1) is 11.8 Å². The van der Waals surface area contributed by atoms with E-state index >= 15 is 0 Å². The van der Waals surface area contributed by atoms with Gasteiger partial charge in [-0.1, -0.05) is 29.7 Å². The molecule has 0 fully saturated rings. The maximum Gasteiger partial charge on any atom is 0.256 e. The Hall–Kier alpha value is -3.34. The summed E-state index contributed by atoms with van der Waals surface area (Å²) in [4.78, 5) is 21.1. The number of nitrogens with zero attached hydrogens (tertiary/aromatic N) is 2. The number of carbonyl (C=O) groups is 1. The molecule has 0 aliphatic heterocycles. The molecule has 0 aliphatic rings. The van der Waals surface area contributed by atoms with Gasteiger partial charge in [-0.05, 0) is 36.6 Å². The predicted octanol–water partition coefficient (Wildman–Crippen LogP) is 2.66. The summed E-state index contributed by atoms with van der Waals surface area (Å²) < 4.78 is 5.48. The Kier molecular flexibility index (Phi) is 6.50. The standard InChI is InChI=1S/C21H18ClN3O4/c1-2-29-21-18-16(10-15(25-21)4-3-9-26)19(27)17(12-23-18)20(28)24-11-13-5-7-14(22)8-6-13/h5-8,10,12,26H,2,9,11H2,1H3,(H,23,27)(H,24,28). The molecule has 0 saturated heterocycles. The average molecular weight is 412 g/mol. The summed E-state index contributed by atoms with van der Waals surface area (Å²) >= 11 is 5.86. The van der Waals surface area contributed by atoms with Gasteiger partial charge in [-0.15, -0.1) is 0 Å². The predicted molar refractivity (Wildman–Crippen MR) is 109 cm³/mol. The van der Waals surface area contributed by atoms with Gasteiger partial charge in [0.2, 0.25) is 5.88 Å². The van der Waals surface area contributed by atoms with Crippen LogP contribution in [-0.2, 0) is 6.54 Å². The van der Waals surface area contributed by atoms with Gasteiger partial charge >= 0.3 is 0 Å². The zero-order chi connectivity index (χ0) is 20.8. The summed E-state index contributed by atoms with van der Waals surface area (Å²) in [5.74, 6) is 4.62. The van der Waals surface area contributed by atoms with E-state index in [2.05, 4.69) is 27.1 Å². The molecule has 0 spiro atoms. The van der Waals surface area contributed by atoms with Gasteiger partial charge in [-0.25, -0.2) is 9.97 Å². The second-order valence-electron chi connectivity index (χ2n) is 5.93. The summed E-state index contributed by atoms with van der Waals surface area (Å²) in [5, 5.41) is 23.2. The Balaban J connectivity index is 1.94. The lowest BCUT2D eigenvalue weighted by Crippen LogP contribution is -2.23. The summed E-state index contributed by atoms with van der Waals surface area (Å²) in [6.45, 7) is 2.06. The van der Waals surface area contributed by atoms with E-state index in [1.807, 2.05) is 0 Å². The molecule has 1 amide bonds. The van der Waals surface area contributed by atoms with E-state index < -0.39 is 5.91 Å². The van der Waals surface area contributed by atoms with Crippen molar-refractivity contribution in [2.45, 2.75) is 13.5 Å². The minimum atomic E-state index is -0.482. The first kappa shape index (κ1) is 20.4. The van der Waals surface area contributed by atoms with Crippen LogP contribution >= 0.6 is 11.6 Å². The van der Waals surface area contributed by atoms with Gasteiger partial charge in [-0.2, -0.15) is 0 Å². The molecule has 3 aromatic rings. The van der Waals surface area contributed by atoms with Crippen LogP contribution in [0.1, 0.15) is 28.5 Å².